The quantitative estimate of drug-likeness (QED) is 0.757. The average molecular weight is 235 g/mol. The zero-order valence-corrected chi connectivity index (χ0v) is 10.2. The summed E-state index contributed by atoms with van der Waals surface area (Å²) >= 11 is 0. The summed E-state index contributed by atoms with van der Waals surface area (Å²) in [5.41, 5.74) is 0.772. The Morgan fingerprint density at radius 3 is 2.59 bits per heavy atom. The molecule has 0 unspecified atom stereocenters. The number of aliphatic hydroxyl groups is 1. The summed E-state index contributed by atoms with van der Waals surface area (Å²) in [5, 5.41) is 13.6. The molecule has 0 atom stereocenters. The molecule has 2 N–H and O–H groups in total. The van der Waals surface area contributed by atoms with Gasteiger partial charge < -0.3 is 15.2 Å². The van der Waals surface area contributed by atoms with Crippen molar-refractivity contribution < 1.29 is 9.84 Å². The van der Waals surface area contributed by atoms with Gasteiger partial charge in [0, 0.05) is 32.6 Å². The molecule has 17 heavy (non-hydrogen) atoms. The van der Waals surface area contributed by atoms with E-state index in [1.165, 1.54) is 5.56 Å². The highest BCUT2D eigenvalue weighted by atomic mass is 16.5. The van der Waals surface area contributed by atoms with Crippen LogP contribution in [0.2, 0.25) is 0 Å². The SMILES string of the molecule is OC1(CNCCc2ccccc2)CCOCC1. The first-order valence-electron chi connectivity index (χ1n) is 6.33. The molecule has 1 aromatic carbocycles. The second-order valence-corrected chi connectivity index (χ2v) is 4.75. The zero-order chi connectivity index (χ0) is 12.0. The van der Waals surface area contributed by atoms with Crippen molar-refractivity contribution in [2.75, 3.05) is 26.3 Å². The fourth-order valence-electron chi connectivity index (χ4n) is 2.13. The van der Waals surface area contributed by atoms with Gasteiger partial charge in [-0.2, -0.15) is 0 Å². The Morgan fingerprint density at radius 2 is 1.88 bits per heavy atom. The van der Waals surface area contributed by atoms with Crippen molar-refractivity contribution in [3.05, 3.63) is 35.9 Å². The van der Waals surface area contributed by atoms with E-state index in [1.54, 1.807) is 0 Å². The van der Waals surface area contributed by atoms with E-state index in [0.717, 1.165) is 25.8 Å². The van der Waals surface area contributed by atoms with Crippen molar-refractivity contribution in [3.8, 4) is 0 Å². The number of nitrogens with one attached hydrogen (secondary N) is 1. The molecule has 0 radical (unpaired) electrons. The van der Waals surface area contributed by atoms with Gasteiger partial charge in [0.25, 0.3) is 0 Å². The van der Waals surface area contributed by atoms with Crippen molar-refractivity contribution >= 4 is 0 Å². The molecule has 0 spiro atoms. The molecule has 1 aliphatic heterocycles. The number of hydrogen-bond acceptors (Lipinski definition) is 3. The minimum absolute atomic E-state index is 0.561. The van der Waals surface area contributed by atoms with Gasteiger partial charge >= 0.3 is 0 Å². The maximum absolute atomic E-state index is 10.2. The molecule has 1 aromatic rings. The molecule has 1 heterocycles. The highest BCUT2D eigenvalue weighted by Gasteiger charge is 2.28. The van der Waals surface area contributed by atoms with Crippen LogP contribution in [-0.4, -0.2) is 37.0 Å². The first-order valence-corrected chi connectivity index (χ1v) is 6.33. The normalized spacial score (nSPS) is 19.1. The van der Waals surface area contributed by atoms with Gasteiger partial charge in [-0.05, 0) is 18.5 Å². The average Bonchev–Trinajstić information content (AvgIpc) is 2.37. The van der Waals surface area contributed by atoms with Crippen LogP contribution < -0.4 is 5.32 Å². The van der Waals surface area contributed by atoms with Gasteiger partial charge in [-0.25, -0.2) is 0 Å². The molecule has 0 aliphatic carbocycles. The number of ether oxygens (including phenoxy) is 1. The molecular formula is C14H21NO2. The highest BCUT2D eigenvalue weighted by molar-refractivity contribution is 5.14. The number of rotatable bonds is 5. The van der Waals surface area contributed by atoms with E-state index in [1.807, 2.05) is 6.07 Å². The lowest BCUT2D eigenvalue weighted by Crippen LogP contribution is -2.45. The highest BCUT2D eigenvalue weighted by Crippen LogP contribution is 2.19. The third kappa shape index (κ3) is 4.11. The molecule has 1 aliphatic rings. The Balaban J connectivity index is 1.66. The Hall–Kier alpha value is -0.900. The third-order valence-corrected chi connectivity index (χ3v) is 3.31. The van der Waals surface area contributed by atoms with Crippen LogP contribution in [0.4, 0.5) is 0 Å². The predicted molar refractivity (Wildman–Crippen MR) is 68.0 cm³/mol. The van der Waals surface area contributed by atoms with Crippen LogP contribution in [0.25, 0.3) is 0 Å². The minimum atomic E-state index is -0.561. The van der Waals surface area contributed by atoms with E-state index in [0.29, 0.717) is 19.8 Å². The van der Waals surface area contributed by atoms with Crippen molar-refractivity contribution in [1.29, 1.82) is 0 Å². The van der Waals surface area contributed by atoms with E-state index in [-0.39, 0.29) is 0 Å². The largest absolute Gasteiger partial charge is 0.388 e. The fourth-order valence-corrected chi connectivity index (χ4v) is 2.13. The van der Waals surface area contributed by atoms with E-state index in [4.69, 9.17) is 4.74 Å². The summed E-state index contributed by atoms with van der Waals surface area (Å²) in [4.78, 5) is 0. The van der Waals surface area contributed by atoms with E-state index in [2.05, 4.69) is 29.6 Å². The van der Waals surface area contributed by atoms with E-state index >= 15 is 0 Å². The van der Waals surface area contributed by atoms with Crippen LogP contribution in [0.1, 0.15) is 18.4 Å². The van der Waals surface area contributed by atoms with Gasteiger partial charge in [0.1, 0.15) is 0 Å². The van der Waals surface area contributed by atoms with Crippen LogP contribution >= 0.6 is 0 Å². The molecule has 0 saturated carbocycles. The molecule has 3 heteroatoms. The molecule has 0 bridgehead atoms. The maximum Gasteiger partial charge on any atom is 0.0815 e. The number of benzene rings is 1. The molecule has 2 rings (SSSR count). The molecule has 0 aromatic heterocycles. The second kappa shape index (κ2) is 6.15. The first kappa shape index (κ1) is 12.6. The van der Waals surface area contributed by atoms with Gasteiger partial charge in [-0.1, -0.05) is 30.3 Å². The summed E-state index contributed by atoms with van der Waals surface area (Å²) in [6, 6.07) is 10.4. The second-order valence-electron chi connectivity index (χ2n) is 4.75. The van der Waals surface area contributed by atoms with Crippen LogP contribution in [0, 0.1) is 0 Å². The van der Waals surface area contributed by atoms with Crippen LogP contribution in [0.15, 0.2) is 30.3 Å². The van der Waals surface area contributed by atoms with Crippen molar-refractivity contribution in [1.82, 2.24) is 5.32 Å². The van der Waals surface area contributed by atoms with Gasteiger partial charge in [0.15, 0.2) is 0 Å². The fraction of sp³-hybridized carbons (Fsp3) is 0.571. The summed E-state index contributed by atoms with van der Waals surface area (Å²) in [6.45, 7) is 2.93. The summed E-state index contributed by atoms with van der Waals surface area (Å²) < 4.78 is 5.25. The molecule has 0 amide bonds. The summed E-state index contributed by atoms with van der Waals surface area (Å²) in [6.07, 6.45) is 2.49. The van der Waals surface area contributed by atoms with Crippen LogP contribution in [0.3, 0.4) is 0 Å². The Kier molecular flexibility index (Phi) is 4.54. The van der Waals surface area contributed by atoms with E-state index in [9.17, 15) is 5.11 Å². The lowest BCUT2D eigenvalue weighted by molar-refractivity contribution is -0.0614. The number of hydrogen-bond donors (Lipinski definition) is 2. The standard InChI is InChI=1S/C14H21NO2/c16-14(7-10-17-11-8-14)12-15-9-6-13-4-2-1-3-5-13/h1-5,15-16H,6-12H2. The van der Waals surface area contributed by atoms with Gasteiger partial charge in [0.2, 0.25) is 0 Å². The predicted octanol–water partition coefficient (Wildman–Crippen LogP) is 1.36. The zero-order valence-electron chi connectivity index (χ0n) is 10.2. The van der Waals surface area contributed by atoms with Gasteiger partial charge in [-0.3, -0.25) is 0 Å². The van der Waals surface area contributed by atoms with Crippen LogP contribution in [0.5, 0.6) is 0 Å². The lowest BCUT2D eigenvalue weighted by atomic mass is 9.94. The smallest absolute Gasteiger partial charge is 0.0815 e. The Bertz CT molecular complexity index is 320. The molecular weight excluding hydrogens is 214 g/mol. The summed E-state index contributed by atoms with van der Waals surface area (Å²) in [7, 11) is 0. The Morgan fingerprint density at radius 1 is 1.18 bits per heavy atom. The molecule has 94 valence electrons. The third-order valence-electron chi connectivity index (χ3n) is 3.31. The van der Waals surface area contributed by atoms with E-state index < -0.39 is 5.60 Å². The van der Waals surface area contributed by atoms with Crippen molar-refractivity contribution in [2.45, 2.75) is 24.9 Å². The lowest BCUT2D eigenvalue weighted by Gasteiger charge is -2.32. The molecule has 3 nitrogen and oxygen atoms in total. The summed E-state index contributed by atoms with van der Waals surface area (Å²) in [5.74, 6) is 0. The topological polar surface area (TPSA) is 41.5 Å². The first-order chi connectivity index (χ1) is 8.29. The van der Waals surface area contributed by atoms with Gasteiger partial charge in [0.05, 0.1) is 5.60 Å². The van der Waals surface area contributed by atoms with Crippen LogP contribution in [-0.2, 0) is 11.2 Å². The molecule has 1 fully saturated rings. The van der Waals surface area contributed by atoms with Gasteiger partial charge in [-0.15, -0.1) is 0 Å². The molecule has 1 saturated heterocycles. The van der Waals surface area contributed by atoms with Crippen molar-refractivity contribution in [3.63, 3.8) is 0 Å². The Labute approximate surface area is 103 Å². The monoisotopic (exact) mass is 235 g/mol. The van der Waals surface area contributed by atoms with Crippen molar-refractivity contribution in [2.24, 2.45) is 0 Å². The maximum atomic E-state index is 10.2. The minimum Gasteiger partial charge on any atom is -0.388 e.